The van der Waals surface area contributed by atoms with Crippen molar-refractivity contribution in [2.24, 2.45) is 5.10 Å². The van der Waals surface area contributed by atoms with Crippen LogP contribution in [0.2, 0.25) is 0 Å². The van der Waals surface area contributed by atoms with Crippen molar-refractivity contribution < 1.29 is 18.1 Å². The van der Waals surface area contributed by atoms with Crippen LogP contribution in [0.1, 0.15) is 22.5 Å². The van der Waals surface area contributed by atoms with Gasteiger partial charge in [-0.25, -0.2) is 13.8 Å². The summed E-state index contributed by atoms with van der Waals surface area (Å²) in [4.78, 5) is 23.5. The number of rotatable bonds is 9. The van der Waals surface area contributed by atoms with Crippen LogP contribution in [0, 0.1) is 30.9 Å². The first-order valence-corrected chi connectivity index (χ1v) is 13.4. The van der Waals surface area contributed by atoms with Gasteiger partial charge in [0.15, 0.2) is 0 Å². The summed E-state index contributed by atoms with van der Waals surface area (Å²) >= 11 is 0. The van der Waals surface area contributed by atoms with Gasteiger partial charge in [0, 0.05) is 34.8 Å². The molecule has 11 heteroatoms. The predicted molar refractivity (Wildman–Crippen MR) is 150 cm³/mol. The van der Waals surface area contributed by atoms with Crippen LogP contribution < -0.4 is 9.73 Å². The Hall–Kier alpha value is -4.77. The third-order valence-corrected chi connectivity index (χ3v) is 7.89. The Kier molecular flexibility index (Phi) is 7.91. The number of benzene rings is 3. The van der Waals surface area contributed by atoms with E-state index in [9.17, 15) is 23.3 Å². The second-order valence-corrected chi connectivity index (χ2v) is 10.8. The van der Waals surface area contributed by atoms with Crippen LogP contribution in [-0.4, -0.2) is 36.6 Å². The highest BCUT2D eigenvalue weighted by Crippen LogP contribution is 2.27. The molecule has 1 aromatic heterocycles. The van der Waals surface area contributed by atoms with Crippen molar-refractivity contribution in [1.29, 1.82) is 0 Å². The standard InChI is InChI=1S/C28H27N5O5S/c1-20-12-14-24(15-13-20)32-21(2)16-23(22(32)3)18-29-30-28(34)19-31(25-8-7-9-26(17-25)33(35)36)39(37,38)27-10-5-4-6-11-27/h4-18H,19H2,1-3H3,(H,30,34)/b29-18+. The number of carbonyl (C=O) groups is 1. The molecule has 10 nitrogen and oxygen atoms in total. The van der Waals surface area contributed by atoms with Gasteiger partial charge in [0.05, 0.1) is 21.7 Å². The number of nitro groups is 1. The molecular weight excluding hydrogens is 518 g/mol. The summed E-state index contributed by atoms with van der Waals surface area (Å²) in [5, 5.41) is 15.3. The van der Waals surface area contributed by atoms with E-state index >= 15 is 0 Å². The molecule has 3 aromatic carbocycles. The number of hydrazone groups is 1. The van der Waals surface area contributed by atoms with Crippen molar-refractivity contribution in [3.05, 3.63) is 118 Å². The first-order valence-electron chi connectivity index (χ1n) is 12.0. The highest BCUT2D eigenvalue weighted by molar-refractivity contribution is 7.92. The van der Waals surface area contributed by atoms with Gasteiger partial charge >= 0.3 is 0 Å². The molecule has 0 spiro atoms. The van der Waals surface area contributed by atoms with Gasteiger partial charge in [-0.1, -0.05) is 42.0 Å². The highest BCUT2D eigenvalue weighted by Gasteiger charge is 2.28. The molecule has 0 radical (unpaired) electrons. The SMILES string of the molecule is Cc1ccc(-n2c(C)cc(/C=N/NC(=O)CN(c3cccc([N+](=O)[O-])c3)S(=O)(=O)c3ccccc3)c2C)cc1. The number of amides is 1. The third kappa shape index (κ3) is 6.04. The van der Waals surface area contributed by atoms with E-state index in [0.29, 0.717) is 0 Å². The zero-order valence-corrected chi connectivity index (χ0v) is 22.4. The van der Waals surface area contributed by atoms with Crippen molar-refractivity contribution in [3.63, 3.8) is 0 Å². The molecular formula is C28H27N5O5S. The number of hydrogen-bond acceptors (Lipinski definition) is 6. The number of aryl methyl sites for hydroxylation is 2. The molecule has 0 unspecified atom stereocenters. The predicted octanol–water partition coefficient (Wildman–Crippen LogP) is 4.66. The minimum absolute atomic E-state index is 0.0196. The molecule has 4 aromatic rings. The average Bonchev–Trinajstić information content (AvgIpc) is 3.20. The van der Waals surface area contributed by atoms with Crippen LogP contribution in [-0.2, 0) is 14.8 Å². The first-order chi connectivity index (χ1) is 18.6. The molecule has 200 valence electrons. The van der Waals surface area contributed by atoms with E-state index in [1.807, 2.05) is 51.1 Å². The molecule has 0 fully saturated rings. The third-order valence-electron chi connectivity index (χ3n) is 6.10. The zero-order chi connectivity index (χ0) is 28.2. The van der Waals surface area contributed by atoms with Gasteiger partial charge in [-0.3, -0.25) is 19.2 Å². The molecule has 4 rings (SSSR count). The van der Waals surface area contributed by atoms with Crippen LogP contribution in [0.25, 0.3) is 5.69 Å². The van der Waals surface area contributed by atoms with Gasteiger partial charge in [0.25, 0.3) is 21.6 Å². The lowest BCUT2D eigenvalue weighted by molar-refractivity contribution is -0.384. The molecule has 0 atom stereocenters. The maximum Gasteiger partial charge on any atom is 0.271 e. The van der Waals surface area contributed by atoms with E-state index in [-0.39, 0.29) is 16.3 Å². The van der Waals surface area contributed by atoms with Gasteiger partial charge in [-0.15, -0.1) is 0 Å². The molecule has 0 saturated carbocycles. The molecule has 0 saturated heterocycles. The number of nitrogens with zero attached hydrogens (tertiary/aromatic N) is 4. The Morgan fingerprint density at radius 2 is 1.69 bits per heavy atom. The summed E-state index contributed by atoms with van der Waals surface area (Å²) in [7, 11) is -4.22. The summed E-state index contributed by atoms with van der Waals surface area (Å²) in [6.07, 6.45) is 1.49. The molecule has 1 heterocycles. The largest absolute Gasteiger partial charge is 0.318 e. The molecule has 1 N–H and O–H groups in total. The Morgan fingerprint density at radius 3 is 2.36 bits per heavy atom. The summed E-state index contributed by atoms with van der Waals surface area (Å²) in [6, 6.07) is 22.7. The Morgan fingerprint density at radius 1 is 1.00 bits per heavy atom. The first kappa shape index (κ1) is 27.3. The molecule has 0 aliphatic heterocycles. The number of carbonyl (C=O) groups excluding carboxylic acids is 1. The maximum atomic E-state index is 13.4. The van der Waals surface area contributed by atoms with Crippen LogP contribution in [0.4, 0.5) is 11.4 Å². The van der Waals surface area contributed by atoms with E-state index in [2.05, 4.69) is 15.1 Å². The van der Waals surface area contributed by atoms with E-state index in [1.165, 1.54) is 36.5 Å². The maximum absolute atomic E-state index is 13.4. The lowest BCUT2D eigenvalue weighted by Crippen LogP contribution is -2.39. The summed E-state index contributed by atoms with van der Waals surface area (Å²) in [6.45, 7) is 5.28. The van der Waals surface area contributed by atoms with E-state index in [0.717, 1.165) is 38.6 Å². The smallest absolute Gasteiger partial charge is 0.271 e. The van der Waals surface area contributed by atoms with Gasteiger partial charge in [-0.2, -0.15) is 5.10 Å². The molecule has 0 aliphatic carbocycles. The van der Waals surface area contributed by atoms with Crippen LogP contribution >= 0.6 is 0 Å². The number of nitrogens with one attached hydrogen (secondary N) is 1. The molecule has 1 amide bonds. The van der Waals surface area contributed by atoms with Crippen molar-refractivity contribution in [2.75, 3.05) is 10.8 Å². The minimum Gasteiger partial charge on any atom is -0.318 e. The van der Waals surface area contributed by atoms with E-state index < -0.39 is 27.4 Å². The lowest BCUT2D eigenvalue weighted by Gasteiger charge is -2.23. The Balaban J connectivity index is 1.57. The normalized spacial score (nSPS) is 11.5. The average molecular weight is 546 g/mol. The number of aromatic nitrogens is 1. The second-order valence-electron chi connectivity index (χ2n) is 8.89. The molecule has 0 aliphatic rings. The number of hydrogen-bond donors (Lipinski definition) is 1. The van der Waals surface area contributed by atoms with Crippen LogP contribution in [0.15, 0.2) is 94.9 Å². The fourth-order valence-corrected chi connectivity index (χ4v) is 5.58. The summed E-state index contributed by atoms with van der Waals surface area (Å²) < 4.78 is 29.7. The van der Waals surface area contributed by atoms with Gasteiger partial charge in [-0.05, 0) is 57.2 Å². The Labute approximate surface area is 226 Å². The monoisotopic (exact) mass is 545 g/mol. The molecule has 39 heavy (non-hydrogen) atoms. The number of anilines is 1. The number of nitro benzene ring substituents is 1. The zero-order valence-electron chi connectivity index (χ0n) is 21.6. The van der Waals surface area contributed by atoms with Crippen molar-refractivity contribution in [3.8, 4) is 5.69 Å². The van der Waals surface area contributed by atoms with Gasteiger partial charge in [0.1, 0.15) is 6.54 Å². The van der Waals surface area contributed by atoms with Crippen LogP contribution in [0.5, 0.6) is 0 Å². The van der Waals surface area contributed by atoms with Crippen molar-refractivity contribution in [2.45, 2.75) is 25.7 Å². The number of sulfonamides is 1. The fraction of sp³-hybridized carbons (Fsp3) is 0.143. The van der Waals surface area contributed by atoms with Crippen molar-refractivity contribution >= 4 is 33.5 Å². The fourth-order valence-electron chi connectivity index (χ4n) is 4.15. The van der Waals surface area contributed by atoms with E-state index in [1.54, 1.807) is 18.2 Å². The summed E-state index contributed by atoms with van der Waals surface area (Å²) in [5.41, 5.74) is 6.88. The van der Waals surface area contributed by atoms with Gasteiger partial charge in [0.2, 0.25) is 0 Å². The minimum atomic E-state index is -4.22. The topological polar surface area (TPSA) is 127 Å². The summed E-state index contributed by atoms with van der Waals surface area (Å²) in [5.74, 6) is -0.718. The van der Waals surface area contributed by atoms with E-state index in [4.69, 9.17) is 0 Å². The van der Waals surface area contributed by atoms with Crippen LogP contribution in [0.3, 0.4) is 0 Å². The Bertz CT molecular complexity index is 1650. The highest BCUT2D eigenvalue weighted by atomic mass is 32.2. The molecule has 0 bridgehead atoms. The number of non-ortho nitro benzene ring substituents is 1. The van der Waals surface area contributed by atoms with Crippen molar-refractivity contribution in [1.82, 2.24) is 9.99 Å². The quantitative estimate of drug-likeness (QED) is 0.186. The second kappa shape index (κ2) is 11.3. The lowest BCUT2D eigenvalue weighted by atomic mass is 10.2. The van der Waals surface area contributed by atoms with Gasteiger partial charge < -0.3 is 4.57 Å².